The number of carbonyl (C=O) groups excluding carboxylic acids is 1. The van der Waals surface area contributed by atoms with Gasteiger partial charge in [0, 0.05) is 17.1 Å². The van der Waals surface area contributed by atoms with Crippen LogP contribution in [0.4, 0.5) is 5.69 Å². The molecule has 0 bridgehead atoms. The number of piperidine rings is 1. The molecule has 0 atom stereocenters. The Hall–Kier alpha value is -2.09. The first-order chi connectivity index (χ1) is 14.3. The van der Waals surface area contributed by atoms with Crippen LogP contribution in [-0.4, -0.2) is 45.4 Å². The molecule has 0 aromatic heterocycles. The molecule has 2 aromatic rings. The van der Waals surface area contributed by atoms with Crippen LogP contribution in [0.1, 0.15) is 36.5 Å². The summed E-state index contributed by atoms with van der Waals surface area (Å²) in [7, 11) is -3.83. The van der Waals surface area contributed by atoms with E-state index in [2.05, 4.69) is 21.9 Å². The molecule has 1 amide bonds. The zero-order chi connectivity index (χ0) is 21.6. The lowest BCUT2D eigenvalue weighted by molar-refractivity contribution is 0.0950. The van der Waals surface area contributed by atoms with E-state index in [1.165, 1.54) is 31.0 Å². The highest BCUT2D eigenvalue weighted by Gasteiger charge is 2.17. The number of anilines is 1. The summed E-state index contributed by atoms with van der Waals surface area (Å²) >= 11 is 5.91. The van der Waals surface area contributed by atoms with E-state index in [1.54, 1.807) is 30.3 Å². The van der Waals surface area contributed by atoms with Crippen molar-refractivity contribution in [2.24, 2.45) is 5.92 Å². The molecular weight excluding hydrogens is 422 g/mol. The van der Waals surface area contributed by atoms with Crippen molar-refractivity contribution >= 4 is 33.2 Å². The van der Waals surface area contributed by atoms with Crippen molar-refractivity contribution in [3.8, 4) is 0 Å². The second-order valence-corrected chi connectivity index (χ2v) is 9.90. The normalized spacial score (nSPS) is 15.7. The number of amides is 1. The van der Waals surface area contributed by atoms with Crippen LogP contribution >= 0.6 is 11.6 Å². The van der Waals surface area contributed by atoms with Gasteiger partial charge in [0.15, 0.2) is 0 Å². The molecule has 8 heteroatoms. The number of rotatable bonds is 8. The average molecular weight is 450 g/mol. The van der Waals surface area contributed by atoms with Gasteiger partial charge in [0.1, 0.15) is 0 Å². The maximum absolute atomic E-state index is 12.7. The lowest BCUT2D eigenvalue weighted by Gasteiger charge is -2.30. The van der Waals surface area contributed by atoms with E-state index in [0.717, 1.165) is 32.0 Å². The van der Waals surface area contributed by atoms with Crippen molar-refractivity contribution in [1.82, 2.24) is 10.2 Å². The lowest BCUT2D eigenvalue weighted by atomic mass is 9.99. The molecule has 162 valence electrons. The van der Waals surface area contributed by atoms with E-state index in [-0.39, 0.29) is 10.8 Å². The highest BCUT2D eigenvalue weighted by atomic mass is 35.5. The summed E-state index contributed by atoms with van der Waals surface area (Å²) in [6, 6.07) is 12.5. The van der Waals surface area contributed by atoms with Gasteiger partial charge in [-0.1, -0.05) is 30.7 Å². The van der Waals surface area contributed by atoms with Crippen molar-refractivity contribution < 1.29 is 13.2 Å². The molecule has 0 unspecified atom stereocenters. The van der Waals surface area contributed by atoms with Gasteiger partial charge in [-0.2, -0.15) is 0 Å². The zero-order valence-electron chi connectivity index (χ0n) is 17.1. The van der Waals surface area contributed by atoms with Crippen LogP contribution in [0.5, 0.6) is 0 Å². The van der Waals surface area contributed by atoms with Gasteiger partial charge in [-0.15, -0.1) is 0 Å². The van der Waals surface area contributed by atoms with Gasteiger partial charge >= 0.3 is 0 Å². The molecule has 0 aliphatic carbocycles. The average Bonchev–Trinajstić information content (AvgIpc) is 2.72. The van der Waals surface area contributed by atoms with Crippen LogP contribution in [0.15, 0.2) is 53.4 Å². The van der Waals surface area contributed by atoms with E-state index in [0.29, 0.717) is 22.8 Å². The fourth-order valence-corrected chi connectivity index (χ4v) is 4.75. The number of benzene rings is 2. The predicted octanol–water partition coefficient (Wildman–Crippen LogP) is 3.99. The number of nitrogens with zero attached hydrogens (tertiary/aromatic N) is 1. The number of carbonyl (C=O) groups is 1. The Morgan fingerprint density at radius 3 is 2.60 bits per heavy atom. The third-order valence-electron chi connectivity index (χ3n) is 5.30. The van der Waals surface area contributed by atoms with E-state index >= 15 is 0 Å². The molecule has 2 N–H and O–H groups in total. The quantitative estimate of drug-likeness (QED) is 0.597. The minimum absolute atomic E-state index is 0.0255. The molecule has 1 fully saturated rings. The Morgan fingerprint density at radius 1 is 1.13 bits per heavy atom. The molecule has 0 spiro atoms. The zero-order valence-corrected chi connectivity index (χ0v) is 18.7. The van der Waals surface area contributed by atoms with E-state index in [4.69, 9.17) is 11.6 Å². The molecule has 1 saturated heterocycles. The minimum Gasteiger partial charge on any atom is -0.352 e. The molecule has 0 saturated carbocycles. The van der Waals surface area contributed by atoms with Gasteiger partial charge in [0.05, 0.1) is 10.6 Å². The Bertz CT molecular complexity index is 973. The fraction of sp³-hybridized carbons (Fsp3) is 0.409. The van der Waals surface area contributed by atoms with Gasteiger partial charge in [-0.05, 0) is 81.2 Å². The molecule has 6 nitrogen and oxygen atoms in total. The van der Waals surface area contributed by atoms with Gasteiger partial charge < -0.3 is 10.2 Å². The number of nitrogens with one attached hydrogen (secondary N) is 2. The third-order valence-corrected chi connectivity index (χ3v) is 6.91. The number of likely N-dealkylation sites (tertiary alicyclic amines) is 1. The highest BCUT2D eigenvalue weighted by Crippen LogP contribution is 2.20. The largest absolute Gasteiger partial charge is 0.352 e. The second kappa shape index (κ2) is 10.3. The minimum atomic E-state index is -3.83. The number of hydrogen-bond acceptors (Lipinski definition) is 4. The maximum Gasteiger partial charge on any atom is 0.261 e. The van der Waals surface area contributed by atoms with Crippen LogP contribution in [0.2, 0.25) is 5.02 Å². The second-order valence-electron chi connectivity index (χ2n) is 7.78. The summed E-state index contributed by atoms with van der Waals surface area (Å²) in [6.07, 6.45) is 3.34. The van der Waals surface area contributed by atoms with Crippen LogP contribution in [0, 0.1) is 5.92 Å². The predicted molar refractivity (Wildman–Crippen MR) is 120 cm³/mol. The van der Waals surface area contributed by atoms with Crippen LogP contribution < -0.4 is 10.0 Å². The molecule has 1 aliphatic rings. The Kier molecular flexibility index (Phi) is 7.75. The Morgan fingerprint density at radius 2 is 1.87 bits per heavy atom. The van der Waals surface area contributed by atoms with Gasteiger partial charge in [0.25, 0.3) is 15.9 Å². The summed E-state index contributed by atoms with van der Waals surface area (Å²) < 4.78 is 27.8. The van der Waals surface area contributed by atoms with Gasteiger partial charge in [0.2, 0.25) is 0 Å². The number of halogens is 1. The first-order valence-corrected chi connectivity index (χ1v) is 12.1. The summed E-state index contributed by atoms with van der Waals surface area (Å²) in [6.45, 7) is 6.05. The molecule has 2 aromatic carbocycles. The fourth-order valence-electron chi connectivity index (χ4n) is 3.46. The molecule has 30 heavy (non-hydrogen) atoms. The van der Waals surface area contributed by atoms with Crippen molar-refractivity contribution in [3.05, 3.63) is 59.1 Å². The first kappa shape index (κ1) is 22.6. The van der Waals surface area contributed by atoms with E-state index < -0.39 is 10.0 Å². The van der Waals surface area contributed by atoms with E-state index in [1.807, 2.05) is 0 Å². The molecule has 3 rings (SSSR count). The Labute approximate surface area is 183 Å². The molecule has 1 heterocycles. The maximum atomic E-state index is 12.7. The van der Waals surface area contributed by atoms with Gasteiger partial charge in [-0.25, -0.2) is 8.42 Å². The summed E-state index contributed by atoms with van der Waals surface area (Å²) in [5, 5.41) is 3.32. The molecule has 0 radical (unpaired) electrons. The third kappa shape index (κ3) is 6.45. The summed E-state index contributed by atoms with van der Waals surface area (Å²) in [5.74, 6) is 0.528. The molecule has 1 aliphatic heterocycles. The molecular formula is C22H28ClN3O3S. The SMILES string of the molecule is CC1CCN(CCCNC(=O)c2cccc(S(=O)(=O)Nc3cccc(Cl)c3)c2)CC1. The van der Waals surface area contributed by atoms with Crippen molar-refractivity contribution in [2.75, 3.05) is 30.9 Å². The van der Waals surface area contributed by atoms with Crippen molar-refractivity contribution in [3.63, 3.8) is 0 Å². The topological polar surface area (TPSA) is 78.5 Å². The first-order valence-electron chi connectivity index (χ1n) is 10.2. The number of sulfonamides is 1. The van der Waals surface area contributed by atoms with Crippen LogP contribution in [-0.2, 0) is 10.0 Å². The van der Waals surface area contributed by atoms with E-state index in [9.17, 15) is 13.2 Å². The summed E-state index contributed by atoms with van der Waals surface area (Å²) in [5.41, 5.74) is 0.681. The highest BCUT2D eigenvalue weighted by molar-refractivity contribution is 7.92. The summed E-state index contributed by atoms with van der Waals surface area (Å²) in [4.78, 5) is 14.9. The monoisotopic (exact) mass is 449 g/mol. The van der Waals surface area contributed by atoms with Crippen LogP contribution in [0.25, 0.3) is 0 Å². The smallest absolute Gasteiger partial charge is 0.261 e. The van der Waals surface area contributed by atoms with Crippen molar-refractivity contribution in [1.29, 1.82) is 0 Å². The van der Waals surface area contributed by atoms with Gasteiger partial charge in [-0.3, -0.25) is 9.52 Å². The van der Waals surface area contributed by atoms with Crippen LogP contribution in [0.3, 0.4) is 0 Å². The number of hydrogen-bond donors (Lipinski definition) is 2. The lowest BCUT2D eigenvalue weighted by Crippen LogP contribution is -2.35. The Balaban J connectivity index is 1.54. The van der Waals surface area contributed by atoms with Crippen molar-refractivity contribution in [2.45, 2.75) is 31.1 Å². The standard InChI is InChI=1S/C22H28ClN3O3S/c1-17-9-13-26(14-10-17)12-4-11-24-22(27)18-5-2-8-21(15-18)30(28,29)25-20-7-3-6-19(23)16-20/h2-3,5-8,15-17,25H,4,9-14H2,1H3,(H,24,27).